The van der Waals surface area contributed by atoms with Crippen molar-refractivity contribution in [2.24, 2.45) is 7.05 Å². The van der Waals surface area contributed by atoms with Gasteiger partial charge in [0, 0.05) is 35.8 Å². The number of fused-ring (bicyclic) bond motifs is 1. The lowest BCUT2D eigenvalue weighted by molar-refractivity contribution is 0.0987. The van der Waals surface area contributed by atoms with Crippen molar-refractivity contribution in [3.05, 3.63) is 22.1 Å². The van der Waals surface area contributed by atoms with E-state index >= 15 is 0 Å². The van der Waals surface area contributed by atoms with Crippen LogP contribution in [0.1, 0.15) is 18.3 Å². The monoisotopic (exact) mass is 377 g/mol. The zero-order valence-corrected chi connectivity index (χ0v) is 16.3. The lowest BCUT2D eigenvalue weighted by Gasteiger charge is -2.34. The van der Waals surface area contributed by atoms with E-state index in [4.69, 9.17) is 16.3 Å². The van der Waals surface area contributed by atoms with Crippen molar-refractivity contribution in [2.45, 2.75) is 26.8 Å². The number of hydrogen-bond acceptors (Lipinski definition) is 6. The molecule has 3 aromatic heterocycles. The predicted octanol–water partition coefficient (Wildman–Crippen LogP) is 3.59. The molecule has 0 aliphatic carbocycles. The van der Waals surface area contributed by atoms with E-state index in [1.165, 1.54) is 0 Å². The fourth-order valence-corrected chi connectivity index (χ4v) is 4.62. The third-order valence-electron chi connectivity index (χ3n) is 4.79. The van der Waals surface area contributed by atoms with Gasteiger partial charge < -0.3 is 9.64 Å². The molecule has 0 saturated carbocycles. The number of ether oxygens (including phenoxy) is 1. The van der Waals surface area contributed by atoms with Crippen LogP contribution in [0.15, 0.2) is 5.38 Å². The quantitative estimate of drug-likeness (QED) is 0.639. The van der Waals surface area contributed by atoms with Gasteiger partial charge in [0.2, 0.25) is 5.28 Å². The van der Waals surface area contributed by atoms with E-state index in [2.05, 4.69) is 39.2 Å². The minimum atomic E-state index is 0.260. The van der Waals surface area contributed by atoms with Crippen LogP contribution in [0, 0.1) is 13.8 Å². The van der Waals surface area contributed by atoms with Gasteiger partial charge in [-0.2, -0.15) is 10.1 Å². The number of rotatable bonds is 2. The highest BCUT2D eigenvalue weighted by Crippen LogP contribution is 2.40. The summed E-state index contributed by atoms with van der Waals surface area (Å²) in [4.78, 5) is 11.4. The number of nitrogens with zero attached hydrogens (tertiary/aromatic N) is 5. The first-order valence-electron chi connectivity index (χ1n) is 8.27. The van der Waals surface area contributed by atoms with Crippen LogP contribution in [0.25, 0.3) is 21.3 Å². The molecule has 4 heterocycles. The van der Waals surface area contributed by atoms with Crippen LogP contribution >= 0.6 is 22.9 Å². The highest BCUT2D eigenvalue weighted by atomic mass is 35.5. The molecule has 1 aliphatic heterocycles. The first-order chi connectivity index (χ1) is 12.0. The maximum Gasteiger partial charge on any atom is 0.224 e. The van der Waals surface area contributed by atoms with Crippen molar-refractivity contribution in [1.29, 1.82) is 0 Å². The van der Waals surface area contributed by atoms with Crippen LogP contribution in [0.3, 0.4) is 0 Å². The summed E-state index contributed by atoms with van der Waals surface area (Å²) in [7, 11) is 1.96. The molecule has 0 amide bonds. The Morgan fingerprint density at radius 1 is 1.32 bits per heavy atom. The molecule has 0 spiro atoms. The van der Waals surface area contributed by atoms with Gasteiger partial charge in [-0.3, -0.25) is 4.68 Å². The summed E-state index contributed by atoms with van der Waals surface area (Å²) in [5, 5.41) is 6.96. The van der Waals surface area contributed by atoms with Gasteiger partial charge in [0.25, 0.3) is 0 Å². The summed E-state index contributed by atoms with van der Waals surface area (Å²) in [6, 6.07) is 0.260. The molecular formula is C17H20ClN5OS. The lowest BCUT2D eigenvalue weighted by atomic mass is 10.1. The van der Waals surface area contributed by atoms with E-state index in [1.807, 2.05) is 18.7 Å². The van der Waals surface area contributed by atoms with Gasteiger partial charge in [0.1, 0.15) is 0 Å². The summed E-state index contributed by atoms with van der Waals surface area (Å²) in [5.74, 6) is 0.904. The fourth-order valence-electron chi connectivity index (χ4n) is 3.45. The Balaban J connectivity index is 1.93. The Bertz CT molecular complexity index is 950. The number of halogens is 1. The van der Waals surface area contributed by atoms with Crippen molar-refractivity contribution >= 4 is 39.0 Å². The summed E-state index contributed by atoms with van der Waals surface area (Å²) >= 11 is 7.96. The number of hydrogen-bond donors (Lipinski definition) is 0. The van der Waals surface area contributed by atoms with Crippen molar-refractivity contribution in [3.8, 4) is 11.1 Å². The second-order valence-electron chi connectivity index (χ2n) is 6.43. The minimum absolute atomic E-state index is 0.260. The lowest BCUT2D eigenvalue weighted by Crippen LogP contribution is -2.44. The van der Waals surface area contributed by atoms with Crippen LogP contribution < -0.4 is 4.90 Å². The van der Waals surface area contributed by atoms with Gasteiger partial charge in [-0.1, -0.05) is 0 Å². The highest BCUT2D eigenvalue weighted by molar-refractivity contribution is 7.18. The van der Waals surface area contributed by atoms with Crippen molar-refractivity contribution in [1.82, 2.24) is 19.7 Å². The van der Waals surface area contributed by atoms with E-state index in [0.29, 0.717) is 13.2 Å². The summed E-state index contributed by atoms with van der Waals surface area (Å²) in [6.07, 6.45) is 0. The summed E-state index contributed by atoms with van der Waals surface area (Å²) in [6.45, 7) is 8.45. The van der Waals surface area contributed by atoms with Gasteiger partial charge in [-0.05, 0) is 32.4 Å². The van der Waals surface area contributed by atoms with Crippen LogP contribution in [0.2, 0.25) is 5.28 Å². The third kappa shape index (κ3) is 2.70. The first kappa shape index (κ1) is 16.8. The molecule has 0 N–H and O–H groups in total. The Morgan fingerprint density at radius 2 is 2.12 bits per heavy atom. The fraction of sp³-hybridized carbons (Fsp3) is 0.471. The maximum absolute atomic E-state index is 6.30. The van der Waals surface area contributed by atoms with Crippen LogP contribution in [-0.4, -0.2) is 45.5 Å². The molecule has 1 fully saturated rings. The summed E-state index contributed by atoms with van der Waals surface area (Å²) in [5.41, 5.74) is 5.22. The Hall–Kier alpha value is -1.70. The molecule has 0 bridgehead atoms. The molecule has 6 nitrogen and oxygen atoms in total. The number of thiophene rings is 1. The van der Waals surface area contributed by atoms with Gasteiger partial charge in [0.15, 0.2) is 5.82 Å². The van der Waals surface area contributed by atoms with E-state index < -0.39 is 0 Å². The molecule has 3 aromatic rings. The van der Waals surface area contributed by atoms with E-state index in [1.54, 1.807) is 11.3 Å². The largest absolute Gasteiger partial charge is 0.377 e. The molecule has 8 heteroatoms. The van der Waals surface area contributed by atoms with E-state index in [9.17, 15) is 0 Å². The van der Waals surface area contributed by atoms with Crippen molar-refractivity contribution in [2.75, 3.05) is 24.7 Å². The topological polar surface area (TPSA) is 56.1 Å². The second kappa shape index (κ2) is 6.23. The third-order valence-corrected chi connectivity index (χ3v) is 5.92. The average Bonchev–Trinajstić information content (AvgIpc) is 3.08. The molecule has 0 radical (unpaired) electrons. The molecular weight excluding hydrogens is 358 g/mol. The van der Waals surface area contributed by atoms with Gasteiger partial charge in [-0.15, -0.1) is 11.3 Å². The Morgan fingerprint density at radius 3 is 2.80 bits per heavy atom. The standard InChI is InChI=1S/C17H20ClN5OS/c1-9-7-24-6-5-23(9)16-15-14(19-17(18)20-16)12(8-25-15)13-10(2)21-22(4)11(13)3/h8-9H,5-7H2,1-4H3/t9-/m1/s1. The SMILES string of the molecule is Cc1nn(C)c(C)c1-c1csc2c(N3CCOC[C@H]3C)nc(Cl)nc12. The zero-order valence-electron chi connectivity index (χ0n) is 14.7. The summed E-state index contributed by atoms with van der Waals surface area (Å²) < 4.78 is 8.53. The van der Waals surface area contributed by atoms with Crippen molar-refractivity contribution < 1.29 is 4.74 Å². The minimum Gasteiger partial charge on any atom is -0.377 e. The van der Waals surface area contributed by atoms with E-state index in [0.717, 1.165) is 45.1 Å². The highest BCUT2D eigenvalue weighted by Gasteiger charge is 2.26. The van der Waals surface area contributed by atoms with E-state index in [-0.39, 0.29) is 11.3 Å². The van der Waals surface area contributed by atoms with Gasteiger partial charge in [-0.25, -0.2) is 4.98 Å². The van der Waals surface area contributed by atoms with Crippen molar-refractivity contribution in [3.63, 3.8) is 0 Å². The normalized spacial score (nSPS) is 18.3. The molecule has 1 aliphatic rings. The zero-order chi connectivity index (χ0) is 17.7. The first-order valence-corrected chi connectivity index (χ1v) is 9.52. The van der Waals surface area contributed by atoms with Crippen LogP contribution in [0.4, 0.5) is 5.82 Å². The van der Waals surface area contributed by atoms with Gasteiger partial charge >= 0.3 is 0 Å². The average molecular weight is 378 g/mol. The van der Waals surface area contributed by atoms with Crippen LogP contribution in [-0.2, 0) is 11.8 Å². The predicted molar refractivity (Wildman–Crippen MR) is 102 cm³/mol. The number of aryl methyl sites for hydroxylation is 2. The number of anilines is 1. The molecule has 0 unspecified atom stereocenters. The Labute approximate surface area is 155 Å². The smallest absolute Gasteiger partial charge is 0.224 e. The molecule has 132 valence electrons. The molecule has 4 rings (SSSR count). The molecule has 0 aromatic carbocycles. The molecule has 25 heavy (non-hydrogen) atoms. The number of morpholine rings is 1. The Kier molecular flexibility index (Phi) is 4.17. The van der Waals surface area contributed by atoms with Crippen LogP contribution in [0.5, 0.6) is 0 Å². The maximum atomic E-state index is 6.30. The van der Waals surface area contributed by atoms with Gasteiger partial charge in [0.05, 0.1) is 35.2 Å². The number of aromatic nitrogens is 4. The molecule has 1 atom stereocenters. The molecule has 1 saturated heterocycles. The second-order valence-corrected chi connectivity index (χ2v) is 7.65.